The zero-order chi connectivity index (χ0) is 12.2. The predicted octanol–water partition coefficient (Wildman–Crippen LogP) is 2.46. The van der Waals surface area contributed by atoms with Gasteiger partial charge in [-0.15, -0.1) is 0 Å². The maximum absolute atomic E-state index is 11.7. The number of aromatic nitrogens is 1. The molecule has 1 aromatic heterocycles. The summed E-state index contributed by atoms with van der Waals surface area (Å²) in [6, 6.07) is 1.71. The molecule has 4 nitrogen and oxygen atoms in total. The summed E-state index contributed by atoms with van der Waals surface area (Å²) in [4.78, 5) is 15.6. The summed E-state index contributed by atoms with van der Waals surface area (Å²) < 4.78 is 5.12. The fourth-order valence-corrected chi connectivity index (χ4v) is 1.33. The van der Waals surface area contributed by atoms with Crippen molar-refractivity contribution < 1.29 is 9.53 Å². The van der Waals surface area contributed by atoms with E-state index in [0.29, 0.717) is 17.9 Å². The fraction of sp³-hybridized carbons (Fsp3) is 0.500. The van der Waals surface area contributed by atoms with Crippen LogP contribution in [0.1, 0.15) is 27.2 Å². The maximum Gasteiger partial charge on any atom is 0.225 e. The summed E-state index contributed by atoms with van der Waals surface area (Å²) in [7, 11) is 1.56. The molecule has 0 fully saturated rings. The number of carbonyl (C=O) groups is 1. The van der Waals surface area contributed by atoms with E-state index in [-0.39, 0.29) is 11.3 Å². The van der Waals surface area contributed by atoms with Gasteiger partial charge in [0, 0.05) is 18.7 Å². The van der Waals surface area contributed by atoms with Crippen LogP contribution < -0.4 is 10.1 Å². The van der Waals surface area contributed by atoms with E-state index in [1.165, 1.54) is 0 Å². The highest BCUT2D eigenvalue weighted by Crippen LogP contribution is 2.24. The van der Waals surface area contributed by atoms with E-state index in [9.17, 15) is 4.79 Å². The highest BCUT2D eigenvalue weighted by molar-refractivity contribution is 5.92. The highest BCUT2D eigenvalue weighted by atomic mass is 16.5. The van der Waals surface area contributed by atoms with Gasteiger partial charge < -0.3 is 10.1 Å². The third-order valence-electron chi connectivity index (χ3n) is 1.97. The van der Waals surface area contributed by atoms with Crippen LogP contribution in [0.25, 0.3) is 0 Å². The summed E-state index contributed by atoms with van der Waals surface area (Å²) >= 11 is 0. The molecule has 0 aliphatic carbocycles. The number of rotatable bonds is 3. The van der Waals surface area contributed by atoms with Gasteiger partial charge >= 0.3 is 0 Å². The first-order valence-electron chi connectivity index (χ1n) is 5.20. The molecular formula is C12H18N2O2. The minimum Gasteiger partial charge on any atom is -0.494 e. The Balaban J connectivity index is 2.70. The topological polar surface area (TPSA) is 51.2 Å². The molecular weight excluding hydrogens is 204 g/mol. The standard InChI is InChI=1S/C12H18N2O2/c1-12(2,3)7-11(15)14-9-8-13-6-5-10(9)16-4/h5-6,8H,7H2,1-4H3,(H,14,15). The Kier molecular flexibility index (Phi) is 3.88. The van der Waals surface area contributed by atoms with Gasteiger partial charge in [-0.2, -0.15) is 0 Å². The Morgan fingerprint density at radius 1 is 1.50 bits per heavy atom. The van der Waals surface area contributed by atoms with Gasteiger partial charge in [0.25, 0.3) is 0 Å². The second-order valence-corrected chi connectivity index (χ2v) is 4.86. The maximum atomic E-state index is 11.7. The molecule has 1 amide bonds. The van der Waals surface area contributed by atoms with Crippen molar-refractivity contribution in [3.63, 3.8) is 0 Å². The third kappa shape index (κ3) is 3.88. The van der Waals surface area contributed by atoms with Gasteiger partial charge in [0.2, 0.25) is 5.91 Å². The van der Waals surface area contributed by atoms with E-state index in [1.54, 1.807) is 25.6 Å². The molecule has 16 heavy (non-hydrogen) atoms. The second-order valence-electron chi connectivity index (χ2n) is 4.86. The largest absolute Gasteiger partial charge is 0.494 e. The van der Waals surface area contributed by atoms with Gasteiger partial charge in [-0.05, 0) is 5.41 Å². The molecule has 0 unspecified atom stereocenters. The molecule has 0 spiro atoms. The van der Waals surface area contributed by atoms with Crippen LogP contribution >= 0.6 is 0 Å². The molecule has 1 rings (SSSR count). The smallest absolute Gasteiger partial charge is 0.225 e. The molecule has 0 radical (unpaired) electrons. The Morgan fingerprint density at radius 3 is 2.75 bits per heavy atom. The van der Waals surface area contributed by atoms with Crippen molar-refractivity contribution in [2.24, 2.45) is 5.41 Å². The lowest BCUT2D eigenvalue weighted by molar-refractivity contribution is -0.117. The molecule has 0 saturated carbocycles. The first-order chi connectivity index (χ1) is 7.42. The first kappa shape index (κ1) is 12.5. The van der Waals surface area contributed by atoms with Gasteiger partial charge in [-0.25, -0.2) is 0 Å². The molecule has 1 heterocycles. The monoisotopic (exact) mass is 222 g/mol. The lowest BCUT2D eigenvalue weighted by atomic mass is 9.92. The van der Waals surface area contributed by atoms with Gasteiger partial charge in [0.15, 0.2) is 0 Å². The second kappa shape index (κ2) is 4.96. The van der Waals surface area contributed by atoms with E-state index in [1.807, 2.05) is 20.8 Å². The summed E-state index contributed by atoms with van der Waals surface area (Å²) in [6.07, 6.45) is 3.67. The van der Waals surface area contributed by atoms with Crippen LogP contribution in [0.3, 0.4) is 0 Å². The molecule has 1 aromatic rings. The summed E-state index contributed by atoms with van der Waals surface area (Å²) in [5.41, 5.74) is 0.582. The number of nitrogens with zero attached hydrogens (tertiary/aromatic N) is 1. The van der Waals surface area contributed by atoms with Gasteiger partial charge in [-0.1, -0.05) is 20.8 Å². The molecule has 0 saturated heterocycles. The fourth-order valence-electron chi connectivity index (χ4n) is 1.33. The third-order valence-corrected chi connectivity index (χ3v) is 1.97. The molecule has 0 aromatic carbocycles. The number of amides is 1. The molecule has 0 aliphatic rings. The number of methoxy groups -OCH3 is 1. The van der Waals surface area contributed by atoms with E-state index < -0.39 is 0 Å². The van der Waals surface area contributed by atoms with Crippen molar-refractivity contribution in [3.8, 4) is 5.75 Å². The van der Waals surface area contributed by atoms with Crippen molar-refractivity contribution in [1.29, 1.82) is 0 Å². The molecule has 4 heteroatoms. The van der Waals surface area contributed by atoms with Crippen LogP contribution in [0.2, 0.25) is 0 Å². The Hall–Kier alpha value is -1.58. The lowest BCUT2D eigenvalue weighted by Gasteiger charge is -2.17. The van der Waals surface area contributed by atoms with E-state index in [0.717, 1.165) is 0 Å². The Bertz CT molecular complexity index is 370. The van der Waals surface area contributed by atoms with Crippen molar-refractivity contribution in [2.75, 3.05) is 12.4 Å². The molecule has 1 N–H and O–H groups in total. The van der Waals surface area contributed by atoms with Crippen molar-refractivity contribution in [2.45, 2.75) is 27.2 Å². The summed E-state index contributed by atoms with van der Waals surface area (Å²) in [5, 5.41) is 2.79. The van der Waals surface area contributed by atoms with E-state index >= 15 is 0 Å². The quantitative estimate of drug-likeness (QED) is 0.854. The van der Waals surface area contributed by atoms with Gasteiger partial charge in [0.05, 0.1) is 13.3 Å². The molecule has 0 bridgehead atoms. The first-order valence-corrected chi connectivity index (χ1v) is 5.20. The van der Waals surface area contributed by atoms with Crippen LogP contribution in [-0.2, 0) is 4.79 Å². The van der Waals surface area contributed by atoms with Gasteiger partial charge in [-0.3, -0.25) is 9.78 Å². The molecule has 0 aliphatic heterocycles. The highest BCUT2D eigenvalue weighted by Gasteiger charge is 2.16. The lowest BCUT2D eigenvalue weighted by Crippen LogP contribution is -2.20. The van der Waals surface area contributed by atoms with Gasteiger partial charge in [0.1, 0.15) is 11.4 Å². The number of carbonyl (C=O) groups excluding carboxylic acids is 1. The normalized spacial score (nSPS) is 11.0. The summed E-state index contributed by atoms with van der Waals surface area (Å²) in [5.74, 6) is 0.594. The minimum absolute atomic E-state index is 0.0282. The summed E-state index contributed by atoms with van der Waals surface area (Å²) in [6.45, 7) is 6.06. The van der Waals surface area contributed by atoms with Crippen LogP contribution in [0.4, 0.5) is 5.69 Å². The minimum atomic E-state index is -0.0289. The van der Waals surface area contributed by atoms with Crippen molar-refractivity contribution in [3.05, 3.63) is 18.5 Å². The number of ether oxygens (including phenoxy) is 1. The Morgan fingerprint density at radius 2 is 2.19 bits per heavy atom. The van der Waals surface area contributed by atoms with Crippen LogP contribution in [0.15, 0.2) is 18.5 Å². The van der Waals surface area contributed by atoms with Crippen molar-refractivity contribution >= 4 is 11.6 Å². The number of anilines is 1. The zero-order valence-electron chi connectivity index (χ0n) is 10.2. The Labute approximate surface area is 96.0 Å². The number of hydrogen-bond acceptors (Lipinski definition) is 3. The van der Waals surface area contributed by atoms with Crippen LogP contribution in [0, 0.1) is 5.41 Å². The van der Waals surface area contributed by atoms with E-state index in [4.69, 9.17) is 4.74 Å². The zero-order valence-corrected chi connectivity index (χ0v) is 10.2. The number of nitrogens with one attached hydrogen (secondary N) is 1. The number of hydrogen-bond donors (Lipinski definition) is 1. The average molecular weight is 222 g/mol. The van der Waals surface area contributed by atoms with Crippen molar-refractivity contribution in [1.82, 2.24) is 4.98 Å². The predicted molar refractivity (Wildman–Crippen MR) is 63.5 cm³/mol. The molecule has 88 valence electrons. The SMILES string of the molecule is COc1ccncc1NC(=O)CC(C)(C)C. The number of pyridine rings is 1. The van der Waals surface area contributed by atoms with E-state index in [2.05, 4.69) is 10.3 Å². The van der Waals surface area contributed by atoms with Crippen LogP contribution in [0.5, 0.6) is 5.75 Å². The van der Waals surface area contributed by atoms with Crippen LogP contribution in [-0.4, -0.2) is 18.0 Å². The average Bonchev–Trinajstić information content (AvgIpc) is 2.15. The molecule has 0 atom stereocenters.